The minimum atomic E-state index is -0.707. The van der Waals surface area contributed by atoms with Gasteiger partial charge in [-0.2, -0.15) is 0 Å². The molecule has 0 saturated carbocycles. The van der Waals surface area contributed by atoms with Crippen molar-refractivity contribution in [3.8, 4) is 11.5 Å². The topological polar surface area (TPSA) is 88.5 Å². The number of benzene rings is 2. The quantitative estimate of drug-likeness (QED) is 0.279. The standard InChI is InChI=1S/C29H36N2O6/c1-3-17-37-24-8-5-7-22(20-24)26-25(27(32)21-9-11-23(12-10-21)36-4-2)28(33)29(34)31(26)14-6-13-30-15-18-35-19-16-30/h5,7-12,20,26,32H,3-4,6,13-19H2,1-2H3. The van der Waals surface area contributed by atoms with E-state index in [1.807, 2.05) is 38.1 Å². The molecule has 1 N–H and O–H groups in total. The molecule has 198 valence electrons. The van der Waals surface area contributed by atoms with Crippen LogP contribution in [-0.2, 0) is 14.3 Å². The summed E-state index contributed by atoms with van der Waals surface area (Å²) in [5.74, 6) is -0.136. The highest BCUT2D eigenvalue weighted by Crippen LogP contribution is 2.40. The second-order valence-corrected chi connectivity index (χ2v) is 9.18. The Morgan fingerprint density at radius 2 is 1.76 bits per heavy atom. The highest BCUT2D eigenvalue weighted by Gasteiger charge is 2.46. The minimum Gasteiger partial charge on any atom is -0.507 e. The largest absolute Gasteiger partial charge is 0.507 e. The summed E-state index contributed by atoms with van der Waals surface area (Å²) in [6.45, 7) is 9.34. The van der Waals surface area contributed by atoms with Gasteiger partial charge in [-0.1, -0.05) is 19.1 Å². The van der Waals surface area contributed by atoms with Crippen LogP contribution in [0.1, 0.15) is 43.9 Å². The molecule has 0 radical (unpaired) electrons. The fourth-order valence-electron chi connectivity index (χ4n) is 4.77. The van der Waals surface area contributed by atoms with Gasteiger partial charge in [0.15, 0.2) is 0 Å². The van der Waals surface area contributed by atoms with Crippen LogP contribution in [0.25, 0.3) is 5.76 Å². The molecule has 2 heterocycles. The smallest absolute Gasteiger partial charge is 0.295 e. The van der Waals surface area contributed by atoms with E-state index in [0.717, 1.165) is 31.6 Å². The Labute approximate surface area is 218 Å². The Balaban J connectivity index is 1.67. The molecule has 0 aliphatic carbocycles. The van der Waals surface area contributed by atoms with E-state index in [4.69, 9.17) is 14.2 Å². The molecule has 2 aromatic rings. The molecule has 0 spiro atoms. The third-order valence-electron chi connectivity index (χ3n) is 6.60. The molecular weight excluding hydrogens is 472 g/mol. The van der Waals surface area contributed by atoms with Crippen LogP contribution in [0.5, 0.6) is 11.5 Å². The Kier molecular flexibility index (Phi) is 9.19. The number of aliphatic hydroxyl groups excluding tert-OH is 1. The van der Waals surface area contributed by atoms with Crippen molar-refractivity contribution in [2.75, 3.05) is 52.6 Å². The summed E-state index contributed by atoms with van der Waals surface area (Å²) < 4.78 is 16.7. The Bertz CT molecular complexity index is 1110. The molecule has 2 aromatic carbocycles. The summed E-state index contributed by atoms with van der Waals surface area (Å²) in [6.07, 6.45) is 1.57. The summed E-state index contributed by atoms with van der Waals surface area (Å²) in [6, 6.07) is 13.6. The van der Waals surface area contributed by atoms with Crippen molar-refractivity contribution in [2.24, 2.45) is 0 Å². The first-order valence-electron chi connectivity index (χ1n) is 13.1. The lowest BCUT2D eigenvalue weighted by atomic mass is 9.95. The van der Waals surface area contributed by atoms with E-state index >= 15 is 0 Å². The molecule has 8 heteroatoms. The molecule has 2 aliphatic rings. The zero-order valence-corrected chi connectivity index (χ0v) is 21.7. The van der Waals surface area contributed by atoms with Crippen molar-refractivity contribution >= 4 is 17.4 Å². The van der Waals surface area contributed by atoms with Crippen molar-refractivity contribution < 1.29 is 28.9 Å². The number of morpholine rings is 1. The molecular formula is C29H36N2O6. The van der Waals surface area contributed by atoms with Crippen LogP contribution in [0.2, 0.25) is 0 Å². The molecule has 0 bridgehead atoms. The van der Waals surface area contributed by atoms with Gasteiger partial charge in [0, 0.05) is 31.7 Å². The number of rotatable bonds is 11. The van der Waals surface area contributed by atoms with Crippen LogP contribution in [-0.4, -0.2) is 79.2 Å². The number of hydrogen-bond acceptors (Lipinski definition) is 7. The van der Waals surface area contributed by atoms with Gasteiger partial charge in [0.05, 0.1) is 38.0 Å². The number of ether oxygens (including phenoxy) is 3. The first kappa shape index (κ1) is 26.7. The fraction of sp³-hybridized carbons (Fsp3) is 0.448. The number of carbonyl (C=O) groups is 2. The number of likely N-dealkylation sites (tertiary alicyclic amines) is 1. The normalized spacial score (nSPS) is 19.8. The monoisotopic (exact) mass is 508 g/mol. The summed E-state index contributed by atoms with van der Waals surface area (Å²) in [5, 5.41) is 11.3. The first-order valence-corrected chi connectivity index (χ1v) is 13.1. The third kappa shape index (κ3) is 6.32. The molecule has 1 atom stereocenters. The average molecular weight is 509 g/mol. The van der Waals surface area contributed by atoms with E-state index in [1.165, 1.54) is 0 Å². The van der Waals surface area contributed by atoms with Gasteiger partial charge in [-0.05, 0) is 61.7 Å². The van der Waals surface area contributed by atoms with Crippen LogP contribution in [0.15, 0.2) is 54.1 Å². The summed E-state index contributed by atoms with van der Waals surface area (Å²) >= 11 is 0. The van der Waals surface area contributed by atoms with E-state index in [9.17, 15) is 14.7 Å². The molecule has 8 nitrogen and oxygen atoms in total. The highest BCUT2D eigenvalue weighted by molar-refractivity contribution is 6.46. The van der Waals surface area contributed by atoms with E-state index < -0.39 is 17.7 Å². The molecule has 1 amide bonds. The van der Waals surface area contributed by atoms with E-state index in [2.05, 4.69) is 4.90 Å². The fourth-order valence-corrected chi connectivity index (χ4v) is 4.77. The molecule has 2 saturated heterocycles. The number of aliphatic hydroxyl groups is 1. The van der Waals surface area contributed by atoms with Crippen molar-refractivity contribution in [2.45, 2.75) is 32.7 Å². The van der Waals surface area contributed by atoms with Gasteiger partial charge in [0.2, 0.25) is 0 Å². The van der Waals surface area contributed by atoms with Gasteiger partial charge in [-0.25, -0.2) is 0 Å². The zero-order chi connectivity index (χ0) is 26.2. The van der Waals surface area contributed by atoms with Gasteiger partial charge in [-0.3, -0.25) is 14.5 Å². The van der Waals surface area contributed by atoms with Gasteiger partial charge >= 0.3 is 0 Å². The number of hydrogen-bond donors (Lipinski definition) is 1. The lowest BCUT2D eigenvalue weighted by Gasteiger charge is -2.29. The zero-order valence-electron chi connectivity index (χ0n) is 21.7. The highest BCUT2D eigenvalue weighted by atomic mass is 16.5. The van der Waals surface area contributed by atoms with Crippen molar-refractivity contribution in [1.82, 2.24) is 9.80 Å². The summed E-state index contributed by atoms with van der Waals surface area (Å²) in [4.78, 5) is 30.5. The van der Waals surface area contributed by atoms with E-state index in [1.54, 1.807) is 29.2 Å². The predicted molar refractivity (Wildman–Crippen MR) is 141 cm³/mol. The SMILES string of the molecule is CCCOc1cccc(C2C(=C(O)c3ccc(OCC)cc3)C(=O)C(=O)N2CCCN2CCOCC2)c1. The van der Waals surface area contributed by atoms with Crippen LogP contribution in [0.3, 0.4) is 0 Å². The Morgan fingerprint density at radius 1 is 1.00 bits per heavy atom. The average Bonchev–Trinajstić information content (AvgIpc) is 3.18. The van der Waals surface area contributed by atoms with Crippen molar-refractivity contribution in [1.29, 1.82) is 0 Å². The second-order valence-electron chi connectivity index (χ2n) is 9.18. The van der Waals surface area contributed by atoms with Gasteiger partial charge in [-0.15, -0.1) is 0 Å². The third-order valence-corrected chi connectivity index (χ3v) is 6.60. The number of ketones is 1. The predicted octanol–water partition coefficient (Wildman–Crippen LogP) is 4.02. The van der Waals surface area contributed by atoms with E-state index in [0.29, 0.717) is 56.5 Å². The number of carbonyl (C=O) groups excluding carboxylic acids is 2. The maximum Gasteiger partial charge on any atom is 0.295 e. The minimum absolute atomic E-state index is 0.0909. The summed E-state index contributed by atoms with van der Waals surface area (Å²) in [7, 11) is 0. The molecule has 1 unspecified atom stereocenters. The van der Waals surface area contributed by atoms with Crippen LogP contribution >= 0.6 is 0 Å². The summed E-state index contributed by atoms with van der Waals surface area (Å²) in [5.41, 5.74) is 1.28. The Hall–Kier alpha value is -3.36. The first-order chi connectivity index (χ1) is 18.0. The van der Waals surface area contributed by atoms with Crippen LogP contribution in [0.4, 0.5) is 0 Å². The molecule has 37 heavy (non-hydrogen) atoms. The lowest BCUT2D eigenvalue weighted by molar-refractivity contribution is -0.140. The maximum absolute atomic E-state index is 13.3. The molecule has 4 rings (SSSR count). The molecule has 0 aromatic heterocycles. The van der Waals surface area contributed by atoms with Gasteiger partial charge < -0.3 is 24.2 Å². The number of amides is 1. The molecule has 2 aliphatic heterocycles. The number of Topliss-reactive ketones (excluding diaryl/α,β-unsaturated/α-hetero) is 1. The second kappa shape index (κ2) is 12.7. The van der Waals surface area contributed by atoms with Crippen molar-refractivity contribution in [3.63, 3.8) is 0 Å². The van der Waals surface area contributed by atoms with Gasteiger partial charge in [0.25, 0.3) is 11.7 Å². The van der Waals surface area contributed by atoms with Crippen LogP contribution < -0.4 is 9.47 Å². The van der Waals surface area contributed by atoms with Crippen LogP contribution in [0, 0.1) is 0 Å². The Morgan fingerprint density at radius 3 is 2.46 bits per heavy atom. The maximum atomic E-state index is 13.3. The lowest BCUT2D eigenvalue weighted by Crippen LogP contribution is -2.38. The van der Waals surface area contributed by atoms with Crippen molar-refractivity contribution in [3.05, 3.63) is 65.2 Å². The van der Waals surface area contributed by atoms with E-state index in [-0.39, 0.29) is 11.3 Å². The number of nitrogens with zero attached hydrogens (tertiary/aromatic N) is 2. The molecule has 2 fully saturated rings. The van der Waals surface area contributed by atoms with Gasteiger partial charge in [0.1, 0.15) is 17.3 Å².